The van der Waals surface area contributed by atoms with Gasteiger partial charge in [-0.1, -0.05) is 6.92 Å². The number of anilines is 1. The van der Waals surface area contributed by atoms with Crippen molar-refractivity contribution in [2.45, 2.75) is 25.6 Å². The first-order valence-electron chi connectivity index (χ1n) is 8.93. The summed E-state index contributed by atoms with van der Waals surface area (Å²) in [5.74, 6) is -0.644. The van der Waals surface area contributed by atoms with Gasteiger partial charge in [-0.05, 0) is 23.8 Å². The van der Waals surface area contributed by atoms with Crippen molar-refractivity contribution in [3.63, 3.8) is 0 Å². The van der Waals surface area contributed by atoms with E-state index < -0.39 is 24.7 Å². The second kappa shape index (κ2) is 10.5. The predicted molar refractivity (Wildman–Crippen MR) is 101 cm³/mol. The van der Waals surface area contributed by atoms with Crippen molar-refractivity contribution in [2.75, 3.05) is 25.6 Å². The first kappa shape index (κ1) is 23.1. The lowest BCUT2D eigenvalue weighted by Crippen LogP contribution is -2.31. The third kappa shape index (κ3) is 7.32. The van der Waals surface area contributed by atoms with Crippen molar-refractivity contribution in [3.8, 4) is 5.88 Å². The van der Waals surface area contributed by atoms with Crippen LogP contribution < -0.4 is 15.4 Å². The number of ether oxygens (including phenoxy) is 2. The molecule has 0 aliphatic carbocycles. The van der Waals surface area contributed by atoms with Crippen LogP contribution in [0.5, 0.6) is 5.88 Å². The molecule has 2 aromatic rings. The molecule has 0 saturated carbocycles. The summed E-state index contributed by atoms with van der Waals surface area (Å²) < 4.78 is 46.4. The maximum Gasteiger partial charge on any atom is 0.422 e. The summed E-state index contributed by atoms with van der Waals surface area (Å²) in [4.78, 5) is 31.9. The largest absolute Gasteiger partial charge is 0.468 e. The average Bonchev–Trinajstić information content (AvgIpc) is 2.72. The zero-order chi connectivity index (χ0) is 22.1. The minimum atomic E-state index is -4.47. The number of hydrogen-bond acceptors (Lipinski definition) is 6. The molecular weight excluding hydrogens is 405 g/mol. The molecule has 0 bridgehead atoms. The Balaban J connectivity index is 2.08. The Hall–Kier alpha value is -3.21. The second-order valence-electron chi connectivity index (χ2n) is 6.15. The zero-order valence-corrected chi connectivity index (χ0v) is 16.3. The summed E-state index contributed by atoms with van der Waals surface area (Å²) in [6.45, 7) is 0.339. The summed E-state index contributed by atoms with van der Waals surface area (Å²) in [6, 6.07) is 5.06. The molecule has 30 heavy (non-hydrogen) atoms. The van der Waals surface area contributed by atoms with Crippen molar-refractivity contribution < 1.29 is 32.2 Å². The second-order valence-corrected chi connectivity index (χ2v) is 6.15. The van der Waals surface area contributed by atoms with Gasteiger partial charge in [0.15, 0.2) is 6.61 Å². The van der Waals surface area contributed by atoms with Gasteiger partial charge in [0, 0.05) is 37.6 Å². The van der Waals surface area contributed by atoms with Gasteiger partial charge in [-0.15, -0.1) is 0 Å². The molecule has 2 heterocycles. The van der Waals surface area contributed by atoms with Crippen LogP contribution in [0.1, 0.15) is 35.3 Å². The molecule has 0 aliphatic heterocycles. The summed E-state index contributed by atoms with van der Waals surface area (Å²) in [7, 11) is 1.44. The third-order valence-electron chi connectivity index (χ3n) is 3.79. The molecule has 2 aromatic heterocycles. The highest BCUT2D eigenvalue weighted by atomic mass is 19.4. The number of nitrogens with one attached hydrogen (secondary N) is 2. The maximum absolute atomic E-state index is 12.6. The highest BCUT2D eigenvalue weighted by molar-refractivity contribution is 5.96. The van der Waals surface area contributed by atoms with E-state index in [0.717, 1.165) is 0 Å². The molecule has 162 valence electrons. The summed E-state index contributed by atoms with van der Waals surface area (Å²) in [6.07, 6.45) is -1.51. The van der Waals surface area contributed by atoms with Gasteiger partial charge in [-0.25, -0.2) is 9.97 Å². The van der Waals surface area contributed by atoms with Crippen LogP contribution in [0.4, 0.5) is 19.0 Å². The van der Waals surface area contributed by atoms with Gasteiger partial charge in [-0.3, -0.25) is 9.59 Å². The molecule has 1 unspecified atom stereocenters. The van der Waals surface area contributed by atoms with E-state index in [1.807, 2.05) is 0 Å². The van der Waals surface area contributed by atoms with E-state index in [1.54, 1.807) is 6.92 Å². The Morgan fingerprint density at radius 1 is 1.20 bits per heavy atom. The van der Waals surface area contributed by atoms with Crippen LogP contribution in [0.15, 0.2) is 36.7 Å². The van der Waals surface area contributed by atoms with Crippen LogP contribution in [-0.2, 0) is 9.53 Å². The van der Waals surface area contributed by atoms with Crippen LogP contribution in [0.3, 0.4) is 0 Å². The smallest absolute Gasteiger partial charge is 0.422 e. The topological polar surface area (TPSA) is 102 Å². The van der Waals surface area contributed by atoms with Crippen LogP contribution in [-0.4, -0.2) is 48.3 Å². The third-order valence-corrected chi connectivity index (χ3v) is 3.79. The molecular formula is C19H21F3N4O4. The molecule has 2 amide bonds. The first-order chi connectivity index (χ1) is 14.2. The van der Waals surface area contributed by atoms with E-state index in [1.165, 1.54) is 43.8 Å². The van der Waals surface area contributed by atoms with Crippen LogP contribution in [0, 0.1) is 0 Å². The number of amides is 2. The standard InChI is InChI=1S/C19H21F3N4O4/c1-3-16(27)26-15-8-12(6-7-23-15)18(28)25-14(10-29-2)13-4-5-17(24-9-13)30-11-19(20,21)22/h4-9,14H,3,10-11H2,1-2H3,(H,25,28)(H,23,26,27). The summed E-state index contributed by atoms with van der Waals surface area (Å²) in [5, 5.41) is 5.32. The first-order valence-corrected chi connectivity index (χ1v) is 8.93. The van der Waals surface area contributed by atoms with Gasteiger partial charge in [-0.2, -0.15) is 13.2 Å². The molecule has 0 aliphatic rings. The number of halogens is 3. The van der Waals surface area contributed by atoms with Gasteiger partial charge in [0.05, 0.1) is 12.6 Å². The van der Waals surface area contributed by atoms with Crippen molar-refractivity contribution in [1.29, 1.82) is 0 Å². The van der Waals surface area contributed by atoms with Crippen LogP contribution in [0.2, 0.25) is 0 Å². The van der Waals surface area contributed by atoms with E-state index >= 15 is 0 Å². The summed E-state index contributed by atoms with van der Waals surface area (Å²) >= 11 is 0. The zero-order valence-electron chi connectivity index (χ0n) is 16.3. The molecule has 0 radical (unpaired) electrons. The minimum absolute atomic E-state index is 0.0979. The molecule has 0 fully saturated rings. The lowest BCUT2D eigenvalue weighted by molar-refractivity contribution is -0.154. The Morgan fingerprint density at radius 2 is 1.97 bits per heavy atom. The minimum Gasteiger partial charge on any atom is -0.468 e. The normalized spacial score (nSPS) is 12.2. The van der Waals surface area contributed by atoms with Crippen molar-refractivity contribution >= 4 is 17.6 Å². The van der Waals surface area contributed by atoms with Crippen molar-refractivity contribution in [3.05, 3.63) is 47.8 Å². The van der Waals surface area contributed by atoms with Crippen molar-refractivity contribution in [1.82, 2.24) is 15.3 Å². The van der Waals surface area contributed by atoms with Gasteiger partial charge < -0.3 is 20.1 Å². The van der Waals surface area contributed by atoms with Crippen LogP contribution in [0.25, 0.3) is 0 Å². The van der Waals surface area contributed by atoms with E-state index in [9.17, 15) is 22.8 Å². The number of pyridine rings is 2. The monoisotopic (exact) mass is 426 g/mol. The quantitative estimate of drug-likeness (QED) is 0.639. The molecule has 8 nitrogen and oxygen atoms in total. The van der Waals surface area contributed by atoms with E-state index in [4.69, 9.17) is 4.74 Å². The lowest BCUT2D eigenvalue weighted by atomic mass is 10.1. The van der Waals surface area contributed by atoms with E-state index in [-0.39, 0.29) is 36.2 Å². The number of carbonyl (C=O) groups excluding carboxylic acids is 2. The molecule has 0 spiro atoms. The highest BCUT2D eigenvalue weighted by Crippen LogP contribution is 2.20. The highest BCUT2D eigenvalue weighted by Gasteiger charge is 2.28. The van der Waals surface area contributed by atoms with Crippen molar-refractivity contribution in [2.24, 2.45) is 0 Å². The molecule has 0 aromatic carbocycles. The Labute approximate surface area is 170 Å². The van der Waals surface area contributed by atoms with Gasteiger partial charge >= 0.3 is 6.18 Å². The fraction of sp³-hybridized carbons (Fsp3) is 0.368. The average molecular weight is 426 g/mol. The predicted octanol–water partition coefficient (Wildman–Crippen LogP) is 2.88. The number of aromatic nitrogens is 2. The SMILES string of the molecule is CCC(=O)Nc1cc(C(=O)NC(COC)c2ccc(OCC(F)(F)F)nc2)ccn1. The number of methoxy groups -OCH3 is 1. The van der Waals surface area contributed by atoms with Gasteiger partial charge in [0.25, 0.3) is 5.91 Å². The fourth-order valence-corrected chi connectivity index (χ4v) is 2.34. The van der Waals surface area contributed by atoms with Gasteiger partial charge in [0.1, 0.15) is 5.82 Å². The molecule has 11 heteroatoms. The number of hydrogen-bond donors (Lipinski definition) is 2. The molecule has 1 atom stereocenters. The van der Waals surface area contributed by atoms with E-state index in [2.05, 4.69) is 25.3 Å². The molecule has 2 N–H and O–H groups in total. The van der Waals surface area contributed by atoms with E-state index in [0.29, 0.717) is 5.56 Å². The summed E-state index contributed by atoms with van der Waals surface area (Å²) in [5.41, 5.74) is 0.772. The number of nitrogens with zero attached hydrogens (tertiary/aromatic N) is 2. The Kier molecular flexibility index (Phi) is 8.10. The Morgan fingerprint density at radius 3 is 2.57 bits per heavy atom. The fourth-order valence-electron chi connectivity index (χ4n) is 2.34. The lowest BCUT2D eigenvalue weighted by Gasteiger charge is -2.19. The molecule has 2 rings (SSSR count). The van der Waals surface area contributed by atoms with Gasteiger partial charge in [0.2, 0.25) is 11.8 Å². The number of carbonyl (C=O) groups is 2. The van der Waals surface area contributed by atoms with Crippen LogP contribution >= 0.6 is 0 Å². The maximum atomic E-state index is 12.6. The Bertz CT molecular complexity index is 860. The molecule has 0 saturated heterocycles. The number of alkyl halides is 3. The number of rotatable bonds is 9.